The molecule has 26 heavy (non-hydrogen) atoms. The summed E-state index contributed by atoms with van der Waals surface area (Å²) in [5.41, 5.74) is -4.13. The largest absolute Gasteiger partial charge is 0.393 e. The molecule has 3 N–H and O–H groups in total. The molecule has 0 radical (unpaired) electrons. The maximum absolute atomic E-state index is 14.6. The van der Waals surface area contributed by atoms with Crippen LogP contribution in [0.3, 0.4) is 0 Å². The lowest BCUT2D eigenvalue weighted by molar-refractivity contribution is -0.209. The number of aliphatic hydroxyl groups is 2. The first-order chi connectivity index (χ1) is 12.1. The molecular formula is C18H17F4NO3. The van der Waals surface area contributed by atoms with Gasteiger partial charge in [-0.25, -0.2) is 8.78 Å². The van der Waals surface area contributed by atoms with Gasteiger partial charge in [-0.2, -0.15) is 8.78 Å². The SMILES string of the molecule is C[C@@H](NC(=O)C(F)(F)[C@@](O)(CO)c1ccc(F)cc1F)c1ccccc1. The van der Waals surface area contributed by atoms with Crippen LogP contribution in [-0.2, 0) is 10.4 Å². The molecule has 2 rings (SSSR count). The summed E-state index contributed by atoms with van der Waals surface area (Å²) in [7, 11) is 0. The zero-order valence-electron chi connectivity index (χ0n) is 13.7. The predicted molar refractivity (Wildman–Crippen MR) is 85.3 cm³/mol. The number of carbonyl (C=O) groups excluding carboxylic acids is 1. The van der Waals surface area contributed by atoms with Gasteiger partial charge in [0.05, 0.1) is 12.6 Å². The van der Waals surface area contributed by atoms with Crippen molar-refractivity contribution in [1.29, 1.82) is 0 Å². The van der Waals surface area contributed by atoms with Crippen molar-refractivity contribution in [3.05, 3.63) is 71.3 Å². The topological polar surface area (TPSA) is 69.6 Å². The van der Waals surface area contributed by atoms with Crippen molar-refractivity contribution in [3.8, 4) is 0 Å². The second-order valence-corrected chi connectivity index (χ2v) is 5.82. The van der Waals surface area contributed by atoms with E-state index in [1.165, 1.54) is 6.92 Å². The summed E-state index contributed by atoms with van der Waals surface area (Å²) in [5.74, 6) is -9.07. The molecule has 0 unspecified atom stereocenters. The van der Waals surface area contributed by atoms with Crippen molar-refractivity contribution in [1.82, 2.24) is 5.32 Å². The number of carbonyl (C=O) groups is 1. The molecule has 0 aliphatic heterocycles. The van der Waals surface area contributed by atoms with Gasteiger partial charge in [0.15, 0.2) is 5.60 Å². The van der Waals surface area contributed by atoms with Crippen molar-refractivity contribution >= 4 is 5.91 Å². The molecule has 0 fully saturated rings. The predicted octanol–water partition coefficient (Wildman–Crippen LogP) is 2.66. The number of nitrogens with one attached hydrogen (secondary N) is 1. The zero-order chi connectivity index (χ0) is 19.5. The number of alkyl halides is 2. The maximum atomic E-state index is 14.6. The van der Waals surface area contributed by atoms with E-state index in [1.807, 2.05) is 5.32 Å². The lowest BCUT2D eigenvalue weighted by atomic mass is 9.86. The van der Waals surface area contributed by atoms with Crippen LogP contribution in [0.1, 0.15) is 24.1 Å². The van der Waals surface area contributed by atoms with Crippen molar-refractivity contribution in [2.24, 2.45) is 0 Å². The third-order valence-corrected chi connectivity index (χ3v) is 4.06. The minimum atomic E-state index is -4.59. The fraction of sp³-hybridized carbons (Fsp3) is 0.278. The third-order valence-electron chi connectivity index (χ3n) is 4.06. The Labute approximate surface area is 147 Å². The Morgan fingerprint density at radius 2 is 1.77 bits per heavy atom. The molecule has 0 aliphatic rings. The van der Waals surface area contributed by atoms with Crippen LogP contribution in [-0.4, -0.2) is 28.6 Å². The van der Waals surface area contributed by atoms with Crippen LogP contribution in [0.15, 0.2) is 48.5 Å². The number of rotatable bonds is 6. The van der Waals surface area contributed by atoms with E-state index in [0.717, 1.165) is 0 Å². The van der Waals surface area contributed by atoms with Crippen molar-refractivity contribution in [2.75, 3.05) is 6.61 Å². The monoisotopic (exact) mass is 371 g/mol. The van der Waals surface area contributed by atoms with E-state index in [-0.39, 0.29) is 6.07 Å². The molecule has 0 bridgehead atoms. The van der Waals surface area contributed by atoms with E-state index in [0.29, 0.717) is 17.7 Å². The van der Waals surface area contributed by atoms with E-state index in [1.54, 1.807) is 30.3 Å². The molecule has 8 heteroatoms. The van der Waals surface area contributed by atoms with Crippen LogP contribution in [0, 0.1) is 11.6 Å². The van der Waals surface area contributed by atoms with Crippen LogP contribution < -0.4 is 5.32 Å². The average molecular weight is 371 g/mol. The van der Waals surface area contributed by atoms with Gasteiger partial charge in [-0.15, -0.1) is 0 Å². The van der Waals surface area contributed by atoms with Gasteiger partial charge in [0.1, 0.15) is 11.6 Å². The fourth-order valence-corrected chi connectivity index (χ4v) is 2.48. The number of halogens is 4. The van der Waals surface area contributed by atoms with Gasteiger partial charge in [0.2, 0.25) is 0 Å². The first-order valence-electron chi connectivity index (χ1n) is 7.66. The van der Waals surface area contributed by atoms with Crippen LogP contribution in [0.4, 0.5) is 17.6 Å². The first kappa shape index (κ1) is 19.9. The standard InChI is InChI=1S/C18H17F4NO3/c1-11(12-5-3-2-4-6-12)23-16(25)18(21,22)17(26,10-24)14-8-7-13(19)9-15(14)20/h2-9,11,24,26H,10H2,1H3,(H,23,25)/t11-,17-/m1/s1. The van der Waals surface area contributed by atoms with Gasteiger partial charge in [0.25, 0.3) is 5.91 Å². The lowest BCUT2D eigenvalue weighted by Gasteiger charge is -2.34. The Hall–Kier alpha value is -2.45. The molecule has 0 aromatic heterocycles. The normalized spacial score (nSPS) is 15.2. The second kappa shape index (κ2) is 7.43. The summed E-state index contributed by atoms with van der Waals surface area (Å²) in [6.07, 6.45) is 0. The van der Waals surface area contributed by atoms with E-state index >= 15 is 0 Å². The zero-order valence-corrected chi connectivity index (χ0v) is 13.7. The molecule has 0 spiro atoms. The maximum Gasteiger partial charge on any atom is 0.358 e. The Kier molecular flexibility index (Phi) is 5.68. The average Bonchev–Trinajstić information content (AvgIpc) is 2.61. The Bertz CT molecular complexity index is 785. The number of amides is 1. The van der Waals surface area contributed by atoms with Crippen LogP contribution in [0.5, 0.6) is 0 Å². The molecule has 0 heterocycles. The molecular weight excluding hydrogens is 354 g/mol. The fourth-order valence-electron chi connectivity index (χ4n) is 2.48. The smallest absolute Gasteiger partial charge is 0.358 e. The van der Waals surface area contributed by atoms with E-state index in [4.69, 9.17) is 0 Å². The molecule has 1 amide bonds. The van der Waals surface area contributed by atoms with E-state index in [2.05, 4.69) is 0 Å². The molecule has 0 saturated heterocycles. The summed E-state index contributed by atoms with van der Waals surface area (Å²) in [6, 6.07) is 8.83. The van der Waals surface area contributed by atoms with Crippen LogP contribution >= 0.6 is 0 Å². The number of hydrogen-bond acceptors (Lipinski definition) is 3. The van der Waals surface area contributed by atoms with Crippen LogP contribution in [0.2, 0.25) is 0 Å². The first-order valence-corrected chi connectivity index (χ1v) is 7.66. The van der Waals surface area contributed by atoms with Gasteiger partial charge < -0.3 is 15.5 Å². The quantitative estimate of drug-likeness (QED) is 0.684. The van der Waals surface area contributed by atoms with E-state index in [9.17, 15) is 32.6 Å². The van der Waals surface area contributed by atoms with Crippen LogP contribution in [0.25, 0.3) is 0 Å². The summed E-state index contributed by atoms with van der Waals surface area (Å²) < 4.78 is 56.1. The summed E-state index contributed by atoms with van der Waals surface area (Å²) in [5, 5.41) is 21.5. The highest BCUT2D eigenvalue weighted by Gasteiger charge is 2.60. The van der Waals surface area contributed by atoms with E-state index < -0.39 is 47.3 Å². The summed E-state index contributed by atoms with van der Waals surface area (Å²) in [6.45, 7) is -0.213. The Morgan fingerprint density at radius 1 is 1.15 bits per heavy atom. The highest BCUT2D eigenvalue weighted by Crippen LogP contribution is 2.39. The van der Waals surface area contributed by atoms with Crippen molar-refractivity contribution < 1.29 is 32.6 Å². The minimum Gasteiger partial charge on any atom is -0.393 e. The van der Waals surface area contributed by atoms with Gasteiger partial charge in [0, 0.05) is 11.6 Å². The molecule has 0 aliphatic carbocycles. The molecule has 2 aromatic rings. The number of benzene rings is 2. The van der Waals surface area contributed by atoms with Crippen molar-refractivity contribution in [2.45, 2.75) is 24.5 Å². The van der Waals surface area contributed by atoms with Gasteiger partial charge in [-0.05, 0) is 24.6 Å². The second-order valence-electron chi connectivity index (χ2n) is 5.82. The molecule has 2 aromatic carbocycles. The molecule has 4 nitrogen and oxygen atoms in total. The Morgan fingerprint density at radius 3 is 2.31 bits per heavy atom. The summed E-state index contributed by atoms with van der Waals surface area (Å²) in [4.78, 5) is 12.1. The lowest BCUT2D eigenvalue weighted by Crippen LogP contribution is -2.57. The summed E-state index contributed by atoms with van der Waals surface area (Å²) >= 11 is 0. The van der Waals surface area contributed by atoms with Gasteiger partial charge in [-0.3, -0.25) is 4.79 Å². The highest BCUT2D eigenvalue weighted by atomic mass is 19.3. The van der Waals surface area contributed by atoms with Gasteiger partial charge in [-0.1, -0.05) is 30.3 Å². The minimum absolute atomic E-state index is 0.274. The third kappa shape index (κ3) is 3.56. The molecule has 140 valence electrons. The highest BCUT2D eigenvalue weighted by molar-refractivity contribution is 5.85. The van der Waals surface area contributed by atoms with Crippen molar-refractivity contribution in [3.63, 3.8) is 0 Å². The van der Waals surface area contributed by atoms with Gasteiger partial charge >= 0.3 is 5.92 Å². The number of aliphatic hydroxyl groups excluding tert-OH is 1. The Balaban J connectivity index is 2.34. The molecule has 2 atom stereocenters. The number of hydrogen-bond donors (Lipinski definition) is 3. The molecule has 0 saturated carbocycles.